The number of hydrogen-bond acceptors (Lipinski definition) is 4. The van der Waals surface area contributed by atoms with Crippen LogP contribution in [0.25, 0.3) is 11.2 Å². The Labute approximate surface area is 128 Å². The average Bonchev–Trinajstić information content (AvgIpc) is 2.92. The number of carbonyl (C=O) groups is 1. The Morgan fingerprint density at radius 2 is 1.95 bits per heavy atom. The van der Waals surface area contributed by atoms with E-state index in [1.165, 1.54) is 12.7 Å². The van der Waals surface area contributed by atoms with Crippen LogP contribution in [0.3, 0.4) is 0 Å². The third kappa shape index (κ3) is 2.88. The van der Waals surface area contributed by atoms with Gasteiger partial charge < -0.3 is 10.3 Å². The molecule has 0 bridgehead atoms. The Kier molecular flexibility index (Phi) is 3.59. The summed E-state index contributed by atoms with van der Waals surface area (Å²) in [4.78, 5) is 26.7. The fraction of sp³-hybridized carbons (Fsp3) is 0. The summed E-state index contributed by atoms with van der Waals surface area (Å²) in [5, 5.41) is 6.00. The number of fused-ring (bicyclic) bond motifs is 1. The van der Waals surface area contributed by atoms with Gasteiger partial charge in [-0.25, -0.2) is 19.7 Å². The Hall–Kier alpha value is -2.38. The first-order chi connectivity index (χ1) is 10.1. The number of rotatable bonds is 2. The minimum atomic E-state index is -0.469. The molecular weight excluding hydrogens is 315 g/mol. The van der Waals surface area contributed by atoms with Crippen molar-refractivity contribution in [3.63, 3.8) is 0 Å². The van der Waals surface area contributed by atoms with E-state index in [0.717, 1.165) is 0 Å². The molecule has 2 amide bonds. The zero-order chi connectivity index (χ0) is 14.8. The highest BCUT2D eigenvalue weighted by Gasteiger charge is 2.10. The van der Waals surface area contributed by atoms with E-state index < -0.39 is 6.03 Å². The number of nitrogens with zero attached hydrogens (tertiary/aromatic N) is 3. The molecule has 3 rings (SSSR count). The number of carbonyl (C=O) groups excluding carboxylic acids is 1. The van der Waals surface area contributed by atoms with E-state index in [1.54, 1.807) is 18.2 Å². The highest BCUT2D eigenvalue weighted by Crippen LogP contribution is 2.25. The van der Waals surface area contributed by atoms with E-state index in [4.69, 9.17) is 23.2 Å². The molecule has 1 aromatic carbocycles. The summed E-state index contributed by atoms with van der Waals surface area (Å²) in [6, 6.07) is 4.31. The molecule has 0 atom stereocenters. The van der Waals surface area contributed by atoms with Gasteiger partial charge in [0.1, 0.15) is 11.8 Å². The standard InChI is InChI=1S/C12H8Cl2N6O/c13-7-2-1-6(3-8(7)14)19-12(21)20-11-9-10(16-4-15-9)17-5-18-11/h1-5H,(H3,15,16,17,18,19,20,21). The maximum absolute atomic E-state index is 12.0. The third-order valence-electron chi connectivity index (χ3n) is 2.63. The fourth-order valence-electron chi connectivity index (χ4n) is 1.70. The largest absolute Gasteiger partial charge is 0.340 e. The van der Waals surface area contributed by atoms with Crippen molar-refractivity contribution in [3.8, 4) is 0 Å². The number of imidazole rings is 1. The summed E-state index contributed by atoms with van der Waals surface area (Å²) in [5.41, 5.74) is 1.52. The number of urea groups is 1. The molecule has 0 unspecified atom stereocenters. The molecule has 3 aromatic rings. The molecule has 2 heterocycles. The molecule has 0 fully saturated rings. The lowest BCUT2D eigenvalue weighted by molar-refractivity contribution is 0.262. The van der Waals surface area contributed by atoms with Crippen molar-refractivity contribution in [3.05, 3.63) is 40.9 Å². The number of halogens is 2. The van der Waals surface area contributed by atoms with Crippen molar-refractivity contribution in [1.29, 1.82) is 0 Å². The van der Waals surface area contributed by atoms with Crippen LogP contribution in [0, 0.1) is 0 Å². The van der Waals surface area contributed by atoms with E-state index in [1.807, 2.05) is 0 Å². The van der Waals surface area contributed by atoms with E-state index in [9.17, 15) is 4.79 Å². The third-order valence-corrected chi connectivity index (χ3v) is 3.37. The second-order valence-electron chi connectivity index (χ2n) is 4.03. The van der Waals surface area contributed by atoms with Gasteiger partial charge in [0, 0.05) is 5.69 Å². The fourth-order valence-corrected chi connectivity index (χ4v) is 2.00. The topological polar surface area (TPSA) is 95.6 Å². The number of aromatic nitrogens is 4. The molecule has 0 saturated carbocycles. The van der Waals surface area contributed by atoms with Gasteiger partial charge in [0.25, 0.3) is 0 Å². The molecule has 0 aliphatic rings. The monoisotopic (exact) mass is 322 g/mol. The number of anilines is 2. The van der Waals surface area contributed by atoms with Crippen molar-refractivity contribution >= 4 is 51.9 Å². The number of benzene rings is 1. The van der Waals surface area contributed by atoms with Crippen LogP contribution in [0.1, 0.15) is 0 Å². The Bertz CT molecular complexity index is 818. The average molecular weight is 323 g/mol. The zero-order valence-electron chi connectivity index (χ0n) is 10.4. The van der Waals surface area contributed by atoms with Crippen LogP contribution in [0.15, 0.2) is 30.9 Å². The van der Waals surface area contributed by atoms with E-state index >= 15 is 0 Å². The maximum atomic E-state index is 12.0. The van der Waals surface area contributed by atoms with Gasteiger partial charge in [-0.2, -0.15) is 0 Å². The summed E-state index contributed by atoms with van der Waals surface area (Å²) in [6.45, 7) is 0. The van der Waals surface area contributed by atoms with Crippen molar-refractivity contribution in [2.75, 3.05) is 10.6 Å². The van der Waals surface area contributed by atoms with E-state index in [2.05, 4.69) is 30.6 Å². The molecule has 3 N–H and O–H groups in total. The quantitative estimate of drug-likeness (QED) is 0.674. The molecule has 2 aromatic heterocycles. The minimum Gasteiger partial charge on any atom is -0.340 e. The van der Waals surface area contributed by atoms with Gasteiger partial charge in [-0.15, -0.1) is 0 Å². The molecule has 0 radical (unpaired) electrons. The second kappa shape index (κ2) is 5.55. The predicted molar refractivity (Wildman–Crippen MR) is 80.8 cm³/mol. The Balaban J connectivity index is 1.77. The minimum absolute atomic E-state index is 0.329. The number of H-pyrrole nitrogens is 1. The molecule has 0 aliphatic carbocycles. The van der Waals surface area contributed by atoms with Gasteiger partial charge in [-0.3, -0.25) is 5.32 Å². The summed E-state index contributed by atoms with van der Waals surface area (Å²) in [5.74, 6) is 0.329. The molecule has 21 heavy (non-hydrogen) atoms. The number of hydrogen-bond donors (Lipinski definition) is 3. The zero-order valence-corrected chi connectivity index (χ0v) is 11.9. The predicted octanol–water partition coefficient (Wildman–Crippen LogP) is 3.30. The normalized spacial score (nSPS) is 10.6. The first-order valence-corrected chi connectivity index (χ1v) is 6.56. The number of aromatic amines is 1. The lowest BCUT2D eigenvalue weighted by Crippen LogP contribution is -2.20. The molecule has 9 heteroatoms. The van der Waals surface area contributed by atoms with Gasteiger partial charge >= 0.3 is 6.03 Å². The van der Waals surface area contributed by atoms with Crippen molar-refractivity contribution in [2.45, 2.75) is 0 Å². The number of nitrogens with one attached hydrogen (secondary N) is 3. The second-order valence-corrected chi connectivity index (χ2v) is 4.85. The van der Waals surface area contributed by atoms with Gasteiger partial charge in [0.15, 0.2) is 11.5 Å². The lowest BCUT2D eigenvalue weighted by atomic mass is 10.3. The first-order valence-electron chi connectivity index (χ1n) is 5.80. The van der Waals surface area contributed by atoms with Crippen LogP contribution >= 0.6 is 23.2 Å². The van der Waals surface area contributed by atoms with Gasteiger partial charge in [0.05, 0.1) is 16.4 Å². The van der Waals surface area contributed by atoms with Crippen LogP contribution in [-0.2, 0) is 0 Å². The van der Waals surface area contributed by atoms with Gasteiger partial charge in [0.2, 0.25) is 0 Å². The molecular formula is C12H8Cl2N6O. The molecule has 106 valence electrons. The van der Waals surface area contributed by atoms with Crippen molar-refractivity contribution in [1.82, 2.24) is 19.9 Å². The summed E-state index contributed by atoms with van der Waals surface area (Å²) < 4.78 is 0. The number of amides is 2. The van der Waals surface area contributed by atoms with E-state index in [0.29, 0.717) is 32.7 Å². The highest BCUT2D eigenvalue weighted by atomic mass is 35.5. The van der Waals surface area contributed by atoms with Gasteiger partial charge in [-0.1, -0.05) is 23.2 Å². The lowest BCUT2D eigenvalue weighted by Gasteiger charge is -2.08. The van der Waals surface area contributed by atoms with Crippen LogP contribution in [0.4, 0.5) is 16.3 Å². The van der Waals surface area contributed by atoms with Gasteiger partial charge in [-0.05, 0) is 18.2 Å². The van der Waals surface area contributed by atoms with E-state index in [-0.39, 0.29) is 0 Å². The summed E-state index contributed by atoms with van der Waals surface area (Å²) in [7, 11) is 0. The van der Waals surface area contributed by atoms with Crippen LogP contribution in [0.5, 0.6) is 0 Å². The highest BCUT2D eigenvalue weighted by molar-refractivity contribution is 6.42. The molecule has 0 aliphatic heterocycles. The molecule has 0 saturated heterocycles. The Morgan fingerprint density at radius 3 is 2.76 bits per heavy atom. The van der Waals surface area contributed by atoms with Crippen LogP contribution in [0.2, 0.25) is 10.0 Å². The summed E-state index contributed by atoms with van der Waals surface area (Å²) in [6.07, 6.45) is 2.79. The first kappa shape index (κ1) is 13.6. The van der Waals surface area contributed by atoms with Crippen LogP contribution in [-0.4, -0.2) is 26.0 Å². The SMILES string of the molecule is O=C(Nc1ccc(Cl)c(Cl)c1)Nc1ncnc2nc[nH]c12. The maximum Gasteiger partial charge on any atom is 0.324 e. The summed E-state index contributed by atoms with van der Waals surface area (Å²) >= 11 is 11.7. The van der Waals surface area contributed by atoms with Crippen LogP contribution < -0.4 is 10.6 Å². The smallest absolute Gasteiger partial charge is 0.324 e. The molecule has 0 spiro atoms. The van der Waals surface area contributed by atoms with Crippen molar-refractivity contribution < 1.29 is 4.79 Å². The van der Waals surface area contributed by atoms with Crippen molar-refractivity contribution in [2.24, 2.45) is 0 Å². The Morgan fingerprint density at radius 1 is 1.10 bits per heavy atom. The molecule has 7 nitrogen and oxygen atoms in total.